The molecule has 0 amide bonds. The lowest BCUT2D eigenvalue weighted by Crippen LogP contribution is -2.03. The molecular formula is C11H15FO2. The van der Waals surface area contributed by atoms with E-state index in [-0.39, 0.29) is 5.82 Å². The Morgan fingerprint density at radius 1 is 1.36 bits per heavy atom. The topological polar surface area (TPSA) is 26.3 Å². The summed E-state index contributed by atoms with van der Waals surface area (Å²) in [4.78, 5) is 11.0. The van der Waals surface area contributed by atoms with Crippen molar-refractivity contribution in [3.8, 4) is 0 Å². The van der Waals surface area contributed by atoms with Crippen molar-refractivity contribution >= 4 is 5.97 Å². The number of aryl methyl sites for hydroxylation is 1. The molecule has 0 aliphatic rings. The van der Waals surface area contributed by atoms with Gasteiger partial charge in [0.2, 0.25) is 0 Å². The van der Waals surface area contributed by atoms with Crippen molar-refractivity contribution in [1.29, 1.82) is 0 Å². The van der Waals surface area contributed by atoms with Gasteiger partial charge in [0, 0.05) is 0 Å². The molecule has 2 nitrogen and oxygen atoms in total. The van der Waals surface area contributed by atoms with Crippen LogP contribution in [0.15, 0.2) is 18.2 Å². The van der Waals surface area contributed by atoms with Gasteiger partial charge in [0.1, 0.15) is 5.82 Å². The van der Waals surface area contributed by atoms with Gasteiger partial charge >= 0.3 is 5.97 Å². The minimum absolute atomic E-state index is 0.347. The van der Waals surface area contributed by atoms with E-state index in [0.717, 1.165) is 0 Å². The van der Waals surface area contributed by atoms with E-state index in [2.05, 4.69) is 4.74 Å². The largest absolute Gasteiger partial charge is 0.465 e. The molecule has 0 atom stereocenters. The molecule has 1 aromatic rings. The Hall–Kier alpha value is -1.38. The summed E-state index contributed by atoms with van der Waals surface area (Å²) in [7, 11) is 1.30. The first-order valence-corrected chi connectivity index (χ1v) is 4.49. The Bertz CT molecular complexity index is 308. The molecule has 0 unspecified atom stereocenters. The van der Waals surface area contributed by atoms with Crippen LogP contribution in [0.3, 0.4) is 0 Å². The van der Waals surface area contributed by atoms with Gasteiger partial charge in [-0.3, -0.25) is 0 Å². The second-order valence-corrected chi connectivity index (χ2v) is 2.45. The minimum Gasteiger partial charge on any atom is -0.465 e. The van der Waals surface area contributed by atoms with E-state index >= 15 is 0 Å². The number of methoxy groups -OCH3 is 1. The number of esters is 1. The summed E-state index contributed by atoms with van der Waals surface area (Å²) in [5, 5.41) is 0. The van der Waals surface area contributed by atoms with Crippen LogP contribution in [0.5, 0.6) is 0 Å². The van der Waals surface area contributed by atoms with E-state index in [9.17, 15) is 9.18 Å². The van der Waals surface area contributed by atoms with E-state index in [4.69, 9.17) is 0 Å². The van der Waals surface area contributed by atoms with Crippen molar-refractivity contribution < 1.29 is 13.9 Å². The highest BCUT2D eigenvalue weighted by Gasteiger charge is 2.08. The molecule has 3 heteroatoms. The summed E-state index contributed by atoms with van der Waals surface area (Å²) in [5.74, 6) is -0.785. The molecule has 0 aromatic heterocycles. The summed E-state index contributed by atoms with van der Waals surface area (Å²) in [5.41, 5.74) is 0.987. The van der Waals surface area contributed by atoms with Crippen molar-refractivity contribution in [3.05, 3.63) is 35.1 Å². The third-order valence-corrected chi connectivity index (χ3v) is 1.59. The molecule has 0 aliphatic carbocycles. The molecule has 1 rings (SSSR count). The number of ether oxygens (including phenoxy) is 1. The van der Waals surface area contributed by atoms with Gasteiger partial charge in [0.05, 0.1) is 12.7 Å². The van der Waals surface area contributed by atoms with Gasteiger partial charge in [-0.05, 0) is 30.7 Å². The van der Waals surface area contributed by atoms with E-state index in [1.807, 2.05) is 13.8 Å². The van der Waals surface area contributed by atoms with E-state index in [1.165, 1.54) is 25.3 Å². The minimum atomic E-state index is -0.438. The first-order valence-electron chi connectivity index (χ1n) is 4.49. The number of benzene rings is 1. The first kappa shape index (κ1) is 12.6. The highest BCUT2D eigenvalue weighted by molar-refractivity contribution is 5.90. The van der Waals surface area contributed by atoms with Gasteiger partial charge in [-0.1, -0.05) is 13.8 Å². The predicted molar refractivity (Wildman–Crippen MR) is 53.8 cm³/mol. The molecule has 0 fully saturated rings. The van der Waals surface area contributed by atoms with Gasteiger partial charge in [0.15, 0.2) is 0 Å². The van der Waals surface area contributed by atoms with Crippen molar-refractivity contribution in [1.82, 2.24) is 0 Å². The molecule has 0 radical (unpaired) electrons. The zero-order chi connectivity index (χ0) is 11.1. The zero-order valence-corrected chi connectivity index (χ0v) is 8.93. The van der Waals surface area contributed by atoms with Gasteiger partial charge in [-0.2, -0.15) is 0 Å². The second-order valence-electron chi connectivity index (χ2n) is 2.45. The number of halogens is 1. The zero-order valence-electron chi connectivity index (χ0n) is 8.93. The van der Waals surface area contributed by atoms with Crippen LogP contribution in [-0.4, -0.2) is 13.1 Å². The average molecular weight is 198 g/mol. The predicted octanol–water partition coefficient (Wildman–Crippen LogP) is 2.95. The fraction of sp³-hybridized carbons (Fsp3) is 0.364. The number of hydrogen-bond donors (Lipinski definition) is 0. The lowest BCUT2D eigenvalue weighted by molar-refractivity contribution is 0.0600. The van der Waals surface area contributed by atoms with Crippen LogP contribution in [-0.2, 0) is 4.74 Å². The van der Waals surface area contributed by atoms with Gasteiger partial charge in [-0.25, -0.2) is 9.18 Å². The van der Waals surface area contributed by atoms with Gasteiger partial charge in [-0.15, -0.1) is 0 Å². The molecular weight excluding hydrogens is 183 g/mol. The van der Waals surface area contributed by atoms with E-state index in [0.29, 0.717) is 11.1 Å². The van der Waals surface area contributed by atoms with Crippen LogP contribution in [0.1, 0.15) is 29.8 Å². The Morgan fingerprint density at radius 3 is 2.36 bits per heavy atom. The van der Waals surface area contributed by atoms with E-state index in [1.54, 1.807) is 6.92 Å². The average Bonchev–Trinajstić information content (AvgIpc) is 2.20. The third-order valence-electron chi connectivity index (χ3n) is 1.59. The normalized spacial score (nSPS) is 8.64. The second kappa shape index (κ2) is 6.13. The number of carbonyl (C=O) groups excluding carboxylic acids is 1. The Balaban J connectivity index is 0.000000791. The van der Waals surface area contributed by atoms with Crippen LogP contribution in [0.2, 0.25) is 0 Å². The molecule has 78 valence electrons. The van der Waals surface area contributed by atoms with Gasteiger partial charge < -0.3 is 4.74 Å². The van der Waals surface area contributed by atoms with Gasteiger partial charge in [0.25, 0.3) is 0 Å². The smallest absolute Gasteiger partial charge is 0.338 e. The highest BCUT2D eigenvalue weighted by atomic mass is 19.1. The fourth-order valence-electron chi connectivity index (χ4n) is 0.966. The van der Waals surface area contributed by atoms with Crippen molar-refractivity contribution in [2.24, 2.45) is 0 Å². The monoisotopic (exact) mass is 198 g/mol. The van der Waals surface area contributed by atoms with Crippen molar-refractivity contribution in [2.45, 2.75) is 20.8 Å². The standard InChI is InChI=1S/C9H9FO2.C2H6/c1-6-5-7(10)3-4-8(6)9(11)12-2;1-2/h3-5H,1-2H3;1-2H3. The summed E-state index contributed by atoms with van der Waals surface area (Å²) in [6, 6.07) is 3.95. The van der Waals surface area contributed by atoms with Crippen molar-refractivity contribution in [3.63, 3.8) is 0 Å². The Kier molecular flexibility index (Phi) is 5.53. The third kappa shape index (κ3) is 3.17. The van der Waals surface area contributed by atoms with Crippen LogP contribution in [0.4, 0.5) is 4.39 Å². The molecule has 0 N–H and O–H groups in total. The maximum absolute atomic E-state index is 12.6. The van der Waals surface area contributed by atoms with E-state index < -0.39 is 5.97 Å². The number of rotatable bonds is 1. The fourth-order valence-corrected chi connectivity index (χ4v) is 0.966. The van der Waals surface area contributed by atoms with Crippen LogP contribution < -0.4 is 0 Å². The summed E-state index contributed by atoms with van der Waals surface area (Å²) >= 11 is 0. The lowest BCUT2D eigenvalue weighted by Gasteiger charge is -2.02. The molecule has 0 aliphatic heterocycles. The van der Waals surface area contributed by atoms with Crippen LogP contribution in [0.25, 0.3) is 0 Å². The number of carbonyl (C=O) groups is 1. The Labute approximate surface area is 83.7 Å². The van der Waals surface area contributed by atoms with Crippen molar-refractivity contribution in [2.75, 3.05) is 7.11 Å². The molecule has 0 bridgehead atoms. The molecule has 0 heterocycles. The lowest BCUT2D eigenvalue weighted by atomic mass is 10.1. The molecule has 0 spiro atoms. The van der Waals surface area contributed by atoms with Crippen LogP contribution in [0, 0.1) is 12.7 Å². The summed E-state index contributed by atoms with van der Waals surface area (Å²) in [6.45, 7) is 5.66. The van der Waals surface area contributed by atoms with Crippen LogP contribution >= 0.6 is 0 Å². The summed E-state index contributed by atoms with van der Waals surface area (Å²) < 4.78 is 17.1. The molecule has 1 aromatic carbocycles. The number of hydrogen-bond acceptors (Lipinski definition) is 2. The molecule has 0 saturated carbocycles. The first-order chi connectivity index (χ1) is 6.65. The maximum atomic E-state index is 12.6. The Morgan fingerprint density at radius 2 is 1.93 bits per heavy atom. The molecule has 0 saturated heterocycles. The highest BCUT2D eigenvalue weighted by Crippen LogP contribution is 2.10. The SMILES string of the molecule is CC.COC(=O)c1ccc(F)cc1C. The molecule has 14 heavy (non-hydrogen) atoms. The summed E-state index contributed by atoms with van der Waals surface area (Å²) in [6.07, 6.45) is 0. The quantitative estimate of drug-likeness (QED) is 0.648. The maximum Gasteiger partial charge on any atom is 0.338 e.